The number of carboxylic acids is 1. The van der Waals surface area contributed by atoms with Crippen molar-refractivity contribution in [1.29, 1.82) is 0 Å². The van der Waals surface area contributed by atoms with Crippen molar-refractivity contribution in [3.63, 3.8) is 0 Å². The minimum atomic E-state index is -1.48. The number of aromatic carboxylic acids is 1. The van der Waals surface area contributed by atoms with Gasteiger partial charge in [0.2, 0.25) is 0 Å². The number of rotatable bonds is 2. The van der Waals surface area contributed by atoms with Crippen molar-refractivity contribution in [2.75, 3.05) is 0 Å². The van der Waals surface area contributed by atoms with Crippen LogP contribution in [-0.4, -0.2) is 25.8 Å². The number of carbonyl (C=O) groups is 1. The minimum absolute atomic E-state index is 0.296. The number of H-pyrrole nitrogens is 1. The Morgan fingerprint density at radius 2 is 2.00 bits per heavy atom. The third-order valence-electron chi connectivity index (χ3n) is 2.08. The standard InChI is InChI=1S/C9H5F2N3O3/c10-5-1-4(8(15)16)7(2-6(5)11)14-3-12-13-9(14)17/h1-3H,(H,13,17)(H,15,16). The number of benzene rings is 1. The summed E-state index contributed by atoms with van der Waals surface area (Å²) in [6, 6.07) is 1.13. The van der Waals surface area contributed by atoms with Gasteiger partial charge in [-0.15, -0.1) is 0 Å². The van der Waals surface area contributed by atoms with Crippen LogP contribution in [0.15, 0.2) is 23.3 Å². The molecule has 2 rings (SSSR count). The van der Waals surface area contributed by atoms with Crippen molar-refractivity contribution >= 4 is 5.97 Å². The highest BCUT2D eigenvalue weighted by Crippen LogP contribution is 2.17. The quantitative estimate of drug-likeness (QED) is 0.803. The van der Waals surface area contributed by atoms with Gasteiger partial charge in [-0.1, -0.05) is 0 Å². The number of hydrogen-bond acceptors (Lipinski definition) is 3. The molecule has 0 radical (unpaired) electrons. The van der Waals surface area contributed by atoms with E-state index in [1.807, 2.05) is 5.10 Å². The molecule has 1 heterocycles. The highest BCUT2D eigenvalue weighted by atomic mass is 19.2. The maximum atomic E-state index is 13.0. The Morgan fingerprint density at radius 3 is 2.53 bits per heavy atom. The lowest BCUT2D eigenvalue weighted by Crippen LogP contribution is -2.18. The molecule has 0 aliphatic carbocycles. The summed E-state index contributed by atoms with van der Waals surface area (Å²) in [6.45, 7) is 0. The zero-order valence-corrected chi connectivity index (χ0v) is 8.15. The van der Waals surface area contributed by atoms with Gasteiger partial charge in [-0.05, 0) is 6.07 Å². The van der Waals surface area contributed by atoms with Crippen LogP contribution in [0.25, 0.3) is 5.69 Å². The molecule has 0 fully saturated rings. The van der Waals surface area contributed by atoms with Gasteiger partial charge in [-0.2, -0.15) is 5.10 Å². The molecule has 0 spiro atoms. The molecule has 6 nitrogen and oxygen atoms in total. The van der Waals surface area contributed by atoms with Crippen LogP contribution in [0.3, 0.4) is 0 Å². The number of halogens is 2. The van der Waals surface area contributed by atoms with Gasteiger partial charge in [-0.3, -0.25) is 0 Å². The fraction of sp³-hybridized carbons (Fsp3) is 0. The number of carboxylic acid groups (broad SMARTS) is 1. The van der Waals surface area contributed by atoms with Crippen molar-refractivity contribution in [1.82, 2.24) is 14.8 Å². The Labute approximate surface area is 92.1 Å². The number of nitrogens with zero attached hydrogens (tertiary/aromatic N) is 2. The molecule has 88 valence electrons. The minimum Gasteiger partial charge on any atom is -0.478 e. The second kappa shape index (κ2) is 3.81. The Bertz CT molecular complexity index is 647. The maximum absolute atomic E-state index is 13.0. The van der Waals surface area contributed by atoms with E-state index in [1.165, 1.54) is 0 Å². The molecule has 2 N–H and O–H groups in total. The van der Waals surface area contributed by atoms with E-state index >= 15 is 0 Å². The van der Waals surface area contributed by atoms with Crippen molar-refractivity contribution in [2.24, 2.45) is 0 Å². The topological polar surface area (TPSA) is 88.0 Å². The van der Waals surface area contributed by atoms with E-state index in [-0.39, 0.29) is 5.69 Å². The second-order valence-electron chi connectivity index (χ2n) is 3.12. The first-order chi connectivity index (χ1) is 8.00. The van der Waals surface area contributed by atoms with Gasteiger partial charge < -0.3 is 5.11 Å². The summed E-state index contributed by atoms with van der Waals surface area (Å²) >= 11 is 0. The summed E-state index contributed by atoms with van der Waals surface area (Å²) < 4.78 is 26.7. The van der Waals surface area contributed by atoms with Crippen LogP contribution in [0.2, 0.25) is 0 Å². The molecule has 2 aromatic rings. The highest BCUT2D eigenvalue weighted by molar-refractivity contribution is 5.91. The zero-order valence-electron chi connectivity index (χ0n) is 8.15. The largest absolute Gasteiger partial charge is 0.478 e. The first-order valence-corrected chi connectivity index (χ1v) is 4.35. The van der Waals surface area contributed by atoms with Crippen molar-refractivity contribution < 1.29 is 18.7 Å². The van der Waals surface area contributed by atoms with Crippen molar-refractivity contribution in [3.05, 3.63) is 46.1 Å². The van der Waals surface area contributed by atoms with Crippen LogP contribution in [0.4, 0.5) is 8.78 Å². The predicted molar refractivity (Wildman–Crippen MR) is 51.1 cm³/mol. The van der Waals surface area contributed by atoms with Gasteiger partial charge in [0.25, 0.3) is 0 Å². The van der Waals surface area contributed by atoms with Gasteiger partial charge in [-0.25, -0.2) is 28.0 Å². The van der Waals surface area contributed by atoms with Gasteiger partial charge in [0.05, 0.1) is 11.3 Å². The molecule has 0 aliphatic rings. The van der Waals surface area contributed by atoms with E-state index in [2.05, 4.69) is 5.10 Å². The fourth-order valence-electron chi connectivity index (χ4n) is 1.33. The smallest absolute Gasteiger partial charge is 0.347 e. The monoisotopic (exact) mass is 241 g/mol. The second-order valence-corrected chi connectivity index (χ2v) is 3.12. The molecular weight excluding hydrogens is 236 g/mol. The Kier molecular flexibility index (Phi) is 2.47. The fourth-order valence-corrected chi connectivity index (χ4v) is 1.33. The zero-order chi connectivity index (χ0) is 12.6. The number of nitrogens with one attached hydrogen (secondary N) is 1. The van der Waals surface area contributed by atoms with Crippen molar-refractivity contribution in [2.45, 2.75) is 0 Å². The Morgan fingerprint density at radius 1 is 1.35 bits per heavy atom. The van der Waals surface area contributed by atoms with Crippen LogP contribution in [0, 0.1) is 11.6 Å². The van der Waals surface area contributed by atoms with Crippen LogP contribution in [0.5, 0.6) is 0 Å². The molecule has 0 bridgehead atoms. The SMILES string of the molecule is O=C(O)c1cc(F)c(F)cc1-n1cn[nH]c1=O. The average Bonchev–Trinajstić information content (AvgIpc) is 2.67. The molecule has 0 atom stereocenters. The van der Waals surface area contributed by atoms with Crippen LogP contribution in [0.1, 0.15) is 10.4 Å². The lowest BCUT2D eigenvalue weighted by atomic mass is 10.1. The molecule has 0 unspecified atom stereocenters. The van der Waals surface area contributed by atoms with E-state index < -0.39 is 28.9 Å². The summed E-state index contributed by atoms with van der Waals surface area (Å²) in [6.07, 6.45) is 0.974. The van der Waals surface area contributed by atoms with Crippen LogP contribution < -0.4 is 5.69 Å². The molecule has 0 saturated carbocycles. The third-order valence-corrected chi connectivity index (χ3v) is 2.08. The normalized spacial score (nSPS) is 10.5. The van der Waals surface area contributed by atoms with Gasteiger partial charge in [0, 0.05) is 6.07 Å². The summed E-state index contributed by atoms with van der Waals surface area (Å²) in [5.74, 6) is -4.03. The molecule has 17 heavy (non-hydrogen) atoms. The summed E-state index contributed by atoms with van der Waals surface area (Å²) in [5.41, 5.74) is -1.58. The Hall–Kier alpha value is -2.51. The molecule has 0 aliphatic heterocycles. The van der Waals surface area contributed by atoms with Gasteiger partial charge in [0.15, 0.2) is 11.6 Å². The molecule has 0 saturated heterocycles. The van der Waals surface area contributed by atoms with E-state index in [1.54, 1.807) is 0 Å². The Balaban J connectivity index is 2.77. The first-order valence-electron chi connectivity index (χ1n) is 4.35. The molecule has 8 heteroatoms. The van der Waals surface area contributed by atoms with Crippen LogP contribution in [-0.2, 0) is 0 Å². The average molecular weight is 241 g/mol. The van der Waals surface area contributed by atoms with E-state index in [9.17, 15) is 18.4 Å². The lowest BCUT2D eigenvalue weighted by Gasteiger charge is -2.05. The summed E-state index contributed by atoms with van der Waals surface area (Å²) in [7, 11) is 0. The lowest BCUT2D eigenvalue weighted by molar-refractivity contribution is 0.0696. The van der Waals surface area contributed by atoms with Gasteiger partial charge >= 0.3 is 11.7 Å². The molecular formula is C9H5F2N3O3. The molecule has 1 aromatic carbocycles. The van der Waals surface area contributed by atoms with Crippen LogP contribution >= 0.6 is 0 Å². The van der Waals surface area contributed by atoms with Gasteiger partial charge in [0.1, 0.15) is 6.33 Å². The van der Waals surface area contributed by atoms with E-state index in [4.69, 9.17) is 5.11 Å². The number of aromatic nitrogens is 3. The highest BCUT2D eigenvalue weighted by Gasteiger charge is 2.17. The summed E-state index contributed by atoms with van der Waals surface area (Å²) in [5, 5.41) is 14.2. The molecule has 0 amide bonds. The number of aromatic amines is 1. The van der Waals surface area contributed by atoms with E-state index in [0.29, 0.717) is 12.1 Å². The van der Waals surface area contributed by atoms with E-state index in [0.717, 1.165) is 10.9 Å². The van der Waals surface area contributed by atoms with Crippen molar-refractivity contribution in [3.8, 4) is 5.69 Å². The first kappa shape index (κ1) is 11.0. The third kappa shape index (κ3) is 1.80. The number of hydrogen-bond donors (Lipinski definition) is 2. The summed E-state index contributed by atoms with van der Waals surface area (Å²) in [4.78, 5) is 22.1. The molecule has 1 aromatic heterocycles. The predicted octanol–water partition coefficient (Wildman–Crippen LogP) is 0.537. The maximum Gasteiger partial charge on any atom is 0.347 e.